The van der Waals surface area contributed by atoms with Gasteiger partial charge in [-0.15, -0.1) is 0 Å². The van der Waals surface area contributed by atoms with Crippen molar-refractivity contribution in [3.63, 3.8) is 0 Å². The molecule has 1 heterocycles. The zero-order valence-electron chi connectivity index (χ0n) is 13.6. The van der Waals surface area contributed by atoms with E-state index in [4.69, 9.17) is 5.11 Å². The molecule has 0 saturated heterocycles. The Morgan fingerprint density at radius 1 is 1.33 bits per heavy atom. The molecule has 0 saturated carbocycles. The maximum absolute atomic E-state index is 13.9. The second kappa shape index (κ2) is 7.16. The number of nitrogens with one attached hydrogen (secondary N) is 1. The zero-order chi connectivity index (χ0) is 17.9. The Kier molecular flexibility index (Phi) is 5.23. The molecule has 0 fully saturated rings. The summed E-state index contributed by atoms with van der Waals surface area (Å²) in [7, 11) is 0. The number of aryl methyl sites for hydroxylation is 1. The third-order valence-electron chi connectivity index (χ3n) is 3.38. The molecule has 2 rings (SSSR count). The highest BCUT2D eigenvalue weighted by Gasteiger charge is 2.17. The third kappa shape index (κ3) is 4.13. The maximum Gasteiger partial charge on any atom is 0.307 e. The van der Waals surface area contributed by atoms with Crippen LogP contribution in [0.4, 0.5) is 10.1 Å². The van der Waals surface area contributed by atoms with E-state index in [1.807, 2.05) is 13.8 Å². The molecule has 24 heavy (non-hydrogen) atoms. The van der Waals surface area contributed by atoms with Gasteiger partial charge in [0.25, 0.3) is 5.91 Å². The van der Waals surface area contributed by atoms with Crippen LogP contribution in [0.3, 0.4) is 0 Å². The first-order valence-corrected chi connectivity index (χ1v) is 7.43. The number of aromatic nitrogens is 2. The molecule has 0 radical (unpaired) electrons. The van der Waals surface area contributed by atoms with Gasteiger partial charge in [-0.2, -0.15) is 0 Å². The Hall–Kier alpha value is -2.83. The Labute approximate surface area is 138 Å². The number of amides is 1. The van der Waals surface area contributed by atoms with Crippen LogP contribution in [0.5, 0.6) is 0 Å². The van der Waals surface area contributed by atoms with E-state index in [9.17, 15) is 14.0 Å². The number of anilines is 1. The van der Waals surface area contributed by atoms with Gasteiger partial charge in [0.05, 0.1) is 17.7 Å². The summed E-state index contributed by atoms with van der Waals surface area (Å²) in [6.45, 7) is 5.57. The fraction of sp³-hybridized carbons (Fsp3) is 0.294. The highest BCUT2D eigenvalue weighted by atomic mass is 19.1. The maximum atomic E-state index is 13.9. The van der Waals surface area contributed by atoms with E-state index in [2.05, 4.69) is 15.3 Å². The van der Waals surface area contributed by atoms with Crippen molar-refractivity contribution in [2.75, 3.05) is 5.32 Å². The largest absolute Gasteiger partial charge is 0.481 e. The van der Waals surface area contributed by atoms with Crippen LogP contribution in [-0.4, -0.2) is 27.0 Å². The number of benzene rings is 1. The van der Waals surface area contributed by atoms with Crippen molar-refractivity contribution in [3.8, 4) is 0 Å². The monoisotopic (exact) mass is 331 g/mol. The average Bonchev–Trinajstić information content (AvgIpc) is 2.49. The van der Waals surface area contributed by atoms with Gasteiger partial charge in [-0.25, -0.2) is 14.4 Å². The van der Waals surface area contributed by atoms with E-state index in [1.54, 1.807) is 6.92 Å². The molecule has 0 aliphatic carbocycles. The van der Waals surface area contributed by atoms with Crippen LogP contribution in [0, 0.1) is 12.7 Å². The van der Waals surface area contributed by atoms with E-state index in [-0.39, 0.29) is 17.2 Å². The average molecular weight is 331 g/mol. The summed E-state index contributed by atoms with van der Waals surface area (Å²) in [5, 5.41) is 11.3. The second-order valence-electron chi connectivity index (χ2n) is 5.70. The minimum absolute atomic E-state index is 0.0297. The molecule has 0 aliphatic rings. The van der Waals surface area contributed by atoms with E-state index in [0.717, 1.165) is 6.07 Å². The van der Waals surface area contributed by atoms with E-state index in [0.29, 0.717) is 17.1 Å². The van der Waals surface area contributed by atoms with Crippen LogP contribution >= 0.6 is 0 Å². The molecule has 126 valence electrons. The molecule has 1 amide bonds. The van der Waals surface area contributed by atoms with Crippen molar-refractivity contribution in [3.05, 3.63) is 52.9 Å². The van der Waals surface area contributed by atoms with Gasteiger partial charge in [0.15, 0.2) is 0 Å². The lowest BCUT2D eigenvalue weighted by Crippen LogP contribution is -2.17. The first-order chi connectivity index (χ1) is 11.3. The summed E-state index contributed by atoms with van der Waals surface area (Å²) in [6, 6.07) is 3.90. The fourth-order valence-electron chi connectivity index (χ4n) is 2.23. The van der Waals surface area contributed by atoms with Crippen LogP contribution in [0.15, 0.2) is 24.4 Å². The van der Waals surface area contributed by atoms with Crippen molar-refractivity contribution < 1.29 is 19.1 Å². The molecular formula is C17H18FN3O3. The fourth-order valence-corrected chi connectivity index (χ4v) is 2.23. The van der Waals surface area contributed by atoms with Crippen molar-refractivity contribution in [2.45, 2.75) is 33.1 Å². The molecule has 0 unspecified atom stereocenters. The quantitative estimate of drug-likeness (QED) is 0.879. The first-order valence-electron chi connectivity index (χ1n) is 7.43. The minimum atomic E-state index is -1.12. The normalized spacial score (nSPS) is 10.7. The number of carboxylic acids is 1. The van der Waals surface area contributed by atoms with E-state index < -0.39 is 24.1 Å². The minimum Gasteiger partial charge on any atom is -0.481 e. The standard InChI is InChI=1S/C17H18FN3O3/c1-9(2)16-13(8-19-10(3)20-16)17(24)21-12-5-4-11(6-15(22)23)14(18)7-12/h4-5,7-9H,6H2,1-3H3,(H,21,24)(H,22,23). The van der Waals surface area contributed by atoms with Crippen LogP contribution in [0.2, 0.25) is 0 Å². The number of carbonyl (C=O) groups is 2. The zero-order valence-corrected chi connectivity index (χ0v) is 13.6. The van der Waals surface area contributed by atoms with Crippen LogP contribution in [-0.2, 0) is 11.2 Å². The molecule has 0 atom stereocenters. The number of rotatable bonds is 5. The first kappa shape index (κ1) is 17.5. The third-order valence-corrected chi connectivity index (χ3v) is 3.38. The molecule has 2 aromatic rings. The van der Waals surface area contributed by atoms with Gasteiger partial charge in [0.2, 0.25) is 0 Å². The molecule has 6 nitrogen and oxygen atoms in total. The lowest BCUT2D eigenvalue weighted by atomic mass is 10.0. The molecule has 1 aromatic heterocycles. The van der Waals surface area contributed by atoms with Crippen molar-refractivity contribution in [1.29, 1.82) is 0 Å². The number of carboxylic acid groups (broad SMARTS) is 1. The Morgan fingerprint density at radius 3 is 2.62 bits per heavy atom. The van der Waals surface area contributed by atoms with Gasteiger partial charge in [-0.3, -0.25) is 9.59 Å². The lowest BCUT2D eigenvalue weighted by Gasteiger charge is -2.12. The number of carbonyl (C=O) groups excluding carboxylic acids is 1. The number of hydrogen-bond acceptors (Lipinski definition) is 4. The Bertz CT molecular complexity index is 791. The van der Waals surface area contributed by atoms with Crippen LogP contribution in [0.25, 0.3) is 0 Å². The van der Waals surface area contributed by atoms with E-state index in [1.165, 1.54) is 18.3 Å². The summed E-state index contributed by atoms with van der Waals surface area (Å²) in [4.78, 5) is 31.4. The molecule has 7 heteroatoms. The highest BCUT2D eigenvalue weighted by molar-refractivity contribution is 6.05. The molecule has 0 aliphatic heterocycles. The summed E-state index contributed by atoms with van der Waals surface area (Å²) < 4.78 is 13.9. The van der Waals surface area contributed by atoms with Crippen molar-refractivity contribution >= 4 is 17.6 Å². The summed E-state index contributed by atoms with van der Waals surface area (Å²) >= 11 is 0. The van der Waals surface area contributed by atoms with Gasteiger partial charge < -0.3 is 10.4 Å². The lowest BCUT2D eigenvalue weighted by molar-refractivity contribution is -0.136. The number of nitrogens with zero attached hydrogens (tertiary/aromatic N) is 2. The smallest absolute Gasteiger partial charge is 0.307 e. The second-order valence-corrected chi connectivity index (χ2v) is 5.70. The van der Waals surface area contributed by atoms with Crippen LogP contribution < -0.4 is 5.32 Å². The number of halogens is 1. The number of aliphatic carboxylic acids is 1. The summed E-state index contributed by atoms with van der Waals surface area (Å²) in [6.07, 6.45) is 1.03. The van der Waals surface area contributed by atoms with Gasteiger partial charge in [0.1, 0.15) is 11.6 Å². The van der Waals surface area contributed by atoms with Gasteiger partial charge in [-0.1, -0.05) is 19.9 Å². The van der Waals surface area contributed by atoms with E-state index >= 15 is 0 Å². The highest BCUT2D eigenvalue weighted by Crippen LogP contribution is 2.20. The predicted molar refractivity (Wildman–Crippen MR) is 86.6 cm³/mol. The topological polar surface area (TPSA) is 92.2 Å². The molecule has 0 spiro atoms. The Morgan fingerprint density at radius 2 is 2.04 bits per heavy atom. The summed E-state index contributed by atoms with van der Waals surface area (Å²) in [5.41, 5.74) is 1.23. The van der Waals surface area contributed by atoms with Gasteiger partial charge in [-0.05, 0) is 30.5 Å². The van der Waals surface area contributed by atoms with Gasteiger partial charge >= 0.3 is 5.97 Å². The molecule has 2 N–H and O–H groups in total. The molecule has 1 aromatic carbocycles. The van der Waals surface area contributed by atoms with Crippen LogP contribution in [0.1, 0.15) is 47.2 Å². The van der Waals surface area contributed by atoms with Gasteiger partial charge in [0, 0.05) is 11.9 Å². The predicted octanol–water partition coefficient (Wildman–Crippen LogP) is 2.93. The van der Waals surface area contributed by atoms with Crippen molar-refractivity contribution in [2.24, 2.45) is 0 Å². The number of hydrogen-bond donors (Lipinski definition) is 2. The van der Waals surface area contributed by atoms with Crippen molar-refractivity contribution in [1.82, 2.24) is 9.97 Å². The molecular weight excluding hydrogens is 313 g/mol. The SMILES string of the molecule is Cc1ncc(C(=O)Nc2ccc(CC(=O)O)c(F)c2)c(C(C)C)n1. The summed E-state index contributed by atoms with van der Waals surface area (Å²) in [5.74, 6) is -1.64. The Balaban J connectivity index is 2.24. The molecule has 0 bridgehead atoms.